The van der Waals surface area contributed by atoms with Gasteiger partial charge in [0.05, 0.1) is 0 Å². The Labute approximate surface area is 123 Å². The van der Waals surface area contributed by atoms with E-state index < -0.39 is 8.07 Å². The summed E-state index contributed by atoms with van der Waals surface area (Å²) in [6.45, 7) is 12.3. The summed E-state index contributed by atoms with van der Waals surface area (Å²) in [4.78, 5) is 4.20. The van der Waals surface area contributed by atoms with Crippen LogP contribution in [0.2, 0.25) is 25.7 Å². The zero-order chi connectivity index (χ0) is 15.2. The van der Waals surface area contributed by atoms with Crippen molar-refractivity contribution in [3.8, 4) is 0 Å². The molecule has 0 fully saturated rings. The molecule has 1 rings (SSSR count). The highest BCUT2D eigenvalue weighted by Crippen LogP contribution is 2.10. The number of hydrogen-bond acceptors (Lipinski definition) is 3. The number of nitrogens with two attached hydrogens (primary N) is 1. The van der Waals surface area contributed by atoms with Crippen LogP contribution in [0, 0.1) is 13.8 Å². The lowest BCUT2D eigenvalue weighted by atomic mass is 10.5. The largest absolute Gasteiger partial charge is 0.385 e. The van der Waals surface area contributed by atoms with Gasteiger partial charge in [0.2, 0.25) is 0 Å². The second-order valence-electron chi connectivity index (χ2n) is 6.22. The Morgan fingerprint density at radius 1 is 1.30 bits per heavy atom. The molecular weight excluding hydrogens is 266 g/mol. The topological polar surface area (TPSA) is 52.5 Å². The number of aryl methyl sites for hydroxylation is 2. The molecule has 0 bridgehead atoms. The van der Waals surface area contributed by atoms with Gasteiger partial charge in [-0.1, -0.05) is 19.6 Å². The normalized spacial score (nSPS) is 13.3. The van der Waals surface area contributed by atoms with E-state index in [1.807, 2.05) is 36.6 Å². The van der Waals surface area contributed by atoms with E-state index in [0.717, 1.165) is 18.0 Å². The van der Waals surface area contributed by atoms with E-state index in [2.05, 4.69) is 24.6 Å². The second-order valence-corrected chi connectivity index (χ2v) is 11.8. The fraction of sp³-hybridized carbons (Fsp3) is 0.533. The van der Waals surface area contributed by atoms with E-state index >= 15 is 0 Å². The number of ether oxygens (including phenoxy) is 1. The van der Waals surface area contributed by atoms with Crippen LogP contribution in [0.3, 0.4) is 0 Å². The van der Waals surface area contributed by atoms with Gasteiger partial charge in [0.1, 0.15) is 12.6 Å². The van der Waals surface area contributed by atoms with Crippen LogP contribution in [-0.2, 0) is 4.74 Å². The number of hydrogen-bond donors (Lipinski definition) is 1. The lowest BCUT2D eigenvalue weighted by Gasteiger charge is -2.14. The van der Waals surface area contributed by atoms with Gasteiger partial charge in [-0.15, -0.1) is 0 Å². The molecule has 0 saturated heterocycles. The van der Waals surface area contributed by atoms with Crippen molar-refractivity contribution in [3.63, 3.8) is 0 Å². The van der Waals surface area contributed by atoms with Crippen LogP contribution in [0.25, 0.3) is 5.82 Å². The zero-order valence-corrected chi connectivity index (χ0v) is 14.3. The maximum Gasteiger partial charge on any atom is 0.137 e. The second kappa shape index (κ2) is 7.45. The van der Waals surface area contributed by atoms with E-state index in [9.17, 15) is 0 Å². The third-order valence-electron chi connectivity index (χ3n) is 3.04. The van der Waals surface area contributed by atoms with Crippen LogP contribution in [0.5, 0.6) is 0 Å². The number of aromatic nitrogens is 1. The first-order valence-electron chi connectivity index (χ1n) is 7.00. The van der Waals surface area contributed by atoms with E-state index in [1.54, 1.807) is 6.21 Å². The number of nitrogens with zero attached hydrogens (tertiary/aromatic N) is 2. The number of allylic oxidation sites excluding steroid dienone is 1. The van der Waals surface area contributed by atoms with Crippen LogP contribution in [0.4, 0.5) is 0 Å². The highest BCUT2D eigenvalue weighted by Gasteiger charge is 2.11. The van der Waals surface area contributed by atoms with Gasteiger partial charge < -0.3 is 15.0 Å². The standard InChI is InChI=1S/C15H27N3OSi/c1-13-6-7-14(2)18(13)15(16)8-9-17-12-19-10-11-20(3,4)5/h6-9H,10-12,16H2,1-5H3. The molecule has 0 atom stereocenters. The van der Waals surface area contributed by atoms with Crippen molar-refractivity contribution in [2.75, 3.05) is 13.3 Å². The number of rotatable bonds is 7. The minimum absolute atomic E-state index is 0.401. The summed E-state index contributed by atoms with van der Waals surface area (Å²) < 4.78 is 7.49. The van der Waals surface area contributed by atoms with Gasteiger partial charge in [0, 0.05) is 32.3 Å². The highest BCUT2D eigenvalue weighted by atomic mass is 28.3. The molecule has 0 spiro atoms. The molecule has 4 nitrogen and oxygen atoms in total. The first-order valence-corrected chi connectivity index (χ1v) is 10.7. The molecule has 0 aromatic carbocycles. The third-order valence-corrected chi connectivity index (χ3v) is 4.75. The molecule has 5 heteroatoms. The molecule has 0 unspecified atom stereocenters. The van der Waals surface area contributed by atoms with E-state index in [4.69, 9.17) is 10.5 Å². The molecule has 0 aliphatic rings. The van der Waals surface area contributed by atoms with Gasteiger partial charge in [-0.2, -0.15) is 0 Å². The fourth-order valence-electron chi connectivity index (χ4n) is 1.82. The Hall–Kier alpha value is -1.33. The van der Waals surface area contributed by atoms with Gasteiger partial charge in [-0.3, -0.25) is 4.99 Å². The molecule has 0 aliphatic carbocycles. The monoisotopic (exact) mass is 293 g/mol. The van der Waals surface area contributed by atoms with E-state index in [-0.39, 0.29) is 0 Å². The summed E-state index contributed by atoms with van der Waals surface area (Å²) in [6.07, 6.45) is 3.52. The lowest BCUT2D eigenvalue weighted by Crippen LogP contribution is -2.21. The molecule has 112 valence electrons. The maximum atomic E-state index is 6.04. The Morgan fingerprint density at radius 2 is 1.90 bits per heavy atom. The molecule has 2 N–H and O–H groups in total. The van der Waals surface area contributed by atoms with Crippen molar-refractivity contribution in [1.82, 2.24) is 4.57 Å². The predicted octanol–water partition coefficient (Wildman–Crippen LogP) is 3.25. The summed E-state index contributed by atoms with van der Waals surface area (Å²) in [5.41, 5.74) is 8.28. The summed E-state index contributed by atoms with van der Waals surface area (Å²) in [6, 6.07) is 5.27. The SMILES string of the molecule is Cc1ccc(C)n1C(N)=CC=NCOCC[Si](C)(C)C. The van der Waals surface area contributed by atoms with Crippen molar-refractivity contribution in [2.45, 2.75) is 39.5 Å². The minimum atomic E-state index is -1.00. The Kier molecular flexibility index (Phi) is 6.23. The third kappa shape index (κ3) is 5.75. The van der Waals surface area contributed by atoms with Gasteiger partial charge in [0.25, 0.3) is 0 Å². The summed E-state index contributed by atoms with van der Waals surface area (Å²) >= 11 is 0. The molecule has 0 aliphatic heterocycles. The van der Waals surface area contributed by atoms with Crippen LogP contribution in [0.15, 0.2) is 23.2 Å². The van der Waals surface area contributed by atoms with Crippen molar-refractivity contribution in [2.24, 2.45) is 10.7 Å². The van der Waals surface area contributed by atoms with Gasteiger partial charge >= 0.3 is 0 Å². The highest BCUT2D eigenvalue weighted by molar-refractivity contribution is 6.76. The maximum absolute atomic E-state index is 6.04. The zero-order valence-electron chi connectivity index (χ0n) is 13.3. The van der Waals surface area contributed by atoms with Crippen LogP contribution in [0.1, 0.15) is 11.4 Å². The molecule has 1 aromatic rings. The minimum Gasteiger partial charge on any atom is -0.385 e. The first kappa shape index (κ1) is 16.7. The van der Waals surface area contributed by atoms with Gasteiger partial charge in [-0.25, -0.2) is 0 Å². The van der Waals surface area contributed by atoms with Crippen LogP contribution in [-0.4, -0.2) is 32.2 Å². The van der Waals surface area contributed by atoms with E-state index in [1.165, 1.54) is 6.04 Å². The average Bonchev–Trinajstić information content (AvgIpc) is 2.66. The van der Waals surface area contributed by atoms with Gasteiger partial charge in [-0.05, 0) is 38.1 Å². The van der Waals surface area contributed by atoms with Crippen LogP contribution >= 0.6 is 0 Å². The quantitative estimate of drug-likeness (QED) is 0.476. The van der Waals surface area contributed by atoms with Crippen molar-refractivity contribution >= 4 is 20.1 Å². The van der Waals surface area contributed by atoms with Crippen molar-refractivity contribution in [1.29, 1.82) is 0 Å². The Balaban J connectivity index is 2.38. The van der Waals surface area contributed by atoms with Crippen LogP contribution < -0.4 is 5.73 Å². The van der Waals surface area contributed by atoms with E-state index in [0.29, 0.717) is 12.6 Å². The first-order chi connectivity index (χ1) is 9.31. The average molecular weight is 293 g/mol. The molecule has 1 aromatic heterocycles. The fourth-order valence-corrected chi connectivity index (χ4v) is 2.57. The molecule has 0 saturated carbocycles. The summed E-state index contributed by atoms with van der Waals surface area (Å²) in [7, 11) is -1.00. The summed E-state index contributed by atoms with van der Waals surface area (Å²) in [5, 5.41) is 0. The Bertz CT molecular complexity index is 464. The van der Waals surface area contributed by atoms with Crippen molar-refractivity contribution < 1.29 is 4.74 Å². The molecule has 1 heterocycles. The molecule has 20 heavy (non-hydrogen) atoms. The summed E-state index contributed by atoms with van der Waals surface area (Å²) in [5.74, 6) is 0.677. The smallest absolute Gasteiger partial charge is 0.137 e. The van der Waals surface area contributed by atoms with Gasteiger partial charge in [0.15, 0.2) is 0 Å². The number of aliphatic imine (C=N–C) groups is 1. The predicted molar refractivity (Wildman–Crippen MR) is 89.8 cm³/mol. The lowest BCUT2D eigenvalue weighted by molar-refractivity contribution is 0.156. The molecule has 0 radical (unpaired) electrons. The molecule has 0 amide bonds. The molecular formula is C15H27N3OSi. The van der Waals surface area contributed by atoms with Crippen molar-refractivity contribution in [3.05, 3.63) is 29.6 Å². The Morgan fingerprint density at radius 3 is 2.45 bits per heavy atom.